The van der Waals surface area contributed by atoms with Gasteiger partial charge in [0.05, 0.1) is 12.7 Å². The van der Waals surface area contributed by atoms with Gasteiger partial charge in [-0.15, -0.1) is 10.2 Å². The first-order chi connectivity index (χ1) is 10.3. The zero-order valence-electron chi connectivity index (χ0n) is 11.8. The number of rotatable bonds is 5. The zero-order valence-corrected chi connectivity index (χ0v) is 12.7. The summed E-state index contributed by atoms with van der Waals surface area (Å²) in [6.45, 7) is 2.89. The molecule has 108 valence electrons. The van der Waals surface area contributed by atoms with Gasteiger partial charge in [-0.3, -0.25) is 0 Å². The number of hydrogen-bond donors (Lipinski definition) is 0. The van der Waals surface area contributed by atoms with E-state index < -0.39 is 0 Å². The lowest BCUT2D eigenvalue weighted by Crippen LogP contribution is -1.90. The topological polar surface area (TPSA) is 51.5 Å². The van der Waals surface area contributed by atoms with Gasteiger partial charge in [0.2, 0.25) is 0 Å². The van der Waals surface area contributed by atoms with Gasteiger partial charge >= 0.3 is 0 Å². The van der Waals surface area contributed by atoms with Crippen molar-refractivity contribution in [2.24, 2.45) is 0 Å². The van der Waals surface area contributed by atoms with Crippen LogP contribution in [0, 0.1) is 6.92 Å². The molecule has 3 aromatic rings. The van der Waals surface area contributed by atoms with E-state index in [4.69, 9.17) is 9.15 Å². The molecule has 4 nitrogen and oxygen atoms in total. The van der Waals surface area contributed by atoms with Gasteiger partial charge in [0, 0.05) is 5.39 Å². The lowest BCUT2D eigenvalue weighted by atomic mass is 10.0. The van der Waals surface area contributed by atoms with Crippen molar-refractivity contribution in [2.75, 3.05) is 6.61 Å². The Hall–Kier alpha value is -1.72. The molecule has 1 saturated heterocycles. The third-order valence-electron chi connectivity index (χ3n) is 3.76. The van der Waals surface area contributed by atoms with Gasteiger partial charge in [0.15, 0.2) is 10.8 Å². The molecule has 0 aliphatic carbocycles. The van der Waals surface area contributed by atoms with Gasteiger partial charge in [0.1, 0.15) is 10.6 Å². The second kappa shape index (κ2) is 5.24. The van der Waals surface area contributed by atoms with Crippen LogP contribution in [-0.2, 0) is 11.2 Å². The molecule has 4 rings (SSSR count). The number of nitrogens with zero attached hydrogens (tertiary/aromatic N) is 2. The number of aryl methyl sites for hydroxylation is 2. The molecule has 0 spiro atoms. The normalized spacial score (nSPS) is 17.5. The number of benzene rings is 1. The number of ether oxygens (including phenoxy) is 1. The number of aromatic nitrogens is 2. The molecule has 0 bridgehead atoms. The summed E-state index contributed by atoms with van der Waals surface area (Å²) in [5, 5.41) is 11.2. The summed E-state index contributed by atoms with van der Waals surface area (Å²) in [6.07, 6.45) is 3.87. The first kappa shape index (κ1) is 13.0. The third kappa shape index (κ3) is 2.71. The molecule has 5 heteroatoms. The molecule has 3 heterocycles. The fourth-order valence-corrected chi connectivity index (χ4v) is 3.24. The summed E-state index contributed by atoms with van der Waals surface area (Å²) < 4.78 is 11.2. The molecule has 1 aromatic carbocycles. The molecule has 1 aliphatic rings. The maximum Gasteiger partial charge on any atom is 0.183 e. The summed E-state index contributed by atoms with van der Waals surface area (Å²) in [5.74, 6) is 0.813. The van der Waals surface area contributed by atoms with E-state index in [0.717, 1.165) is 47.2 Å². The first-order valence-electron chi connectivity index (χ1n) is 7.23. The minimum Gasteiger partial charge on any atom is -0.453 e. The second-order valence-corrected chi connectivity index (χ2v) is 6.60. The van der Waals surface area contributed by atoms with Crippen LogP contribution in [0.25, 0.3) is 21.7 Å². The van der Waals surface area contributed by atoms with E-state index >= 15 is 0 Å². The van der Waals surface area contributed by atoms with Crippen molar-refractivity contribution in [1.82, 2.24) is 10.2 Å². The fraction of sp³-hybridized carbons (Fsp3) is 0.375. The van der Waals surface area contributed by atoms with Gasteiger partial charge in [-0.05, 0) is 43.9 Å². The maximum atomic E-state index is 5.93. The fourth-order valence-electron chi connectivity index (χ4n) is 2.60. The number of furan rings is 1. The van der Waals surface area contributed by atoms with Gasteiger partial charge < -0.3 is 9.15 Å². The Morgan fingerprint density at radius 1 is 1.33 bits per heavy atom. The van der Waals surface area contributed by atoms with E-state index in [0.29, 0.717) is 6.10 Å². The molecule has 21 heavy (non-hydrogen) atoms. The van der Waals surface area contributed by atoms with Gasteiger partial charge in [-0.1, -0.05) is 23.5 Å². The SMILES string of the molecule is Cc1nnc(-c2cc3c(CCC[C@H]4CO4)cccc3o2)s1. The Labute approximate surface area is 126 Å². The van der Waals surface area contributed by atoms with Crippen molar-refractivity contribution < 1.29 is 9.15 Å². The van der Waals surface area contributed by atoms with E-state index in [-0.39, 0.29) is 0 Å². The van der Waals surface area contributed by atoms with Crippen LogP contribution in [0.4, 0.5) is 0 Å². The molecule has 0 radical (unpaired) electrons. The second-order valence-electron chi connectivity index (χ2n) is 5.41. The zero-order chi connectivity index (χ0) is 14.2. The third-order valence-corrected chi connectivity index (χ3v) is 4.62. The van der Waals surface area contributed by atoms with Gasteiger partial charge in [0.25, 0.3) is 0 Å². The van der Waals surface area contributed by atoms with Crippen molar-refractivity contribution in [3.05, 3.63) is 34.8 Å². The molecular formula is C16H16N2O2S. The first-order valence-corrected chi connectivity index (χ1v) is 8.05. The van der Waals surface area contributed by atoms with Crippen LogP contribution in [0.3, 0.4) is 0 Å². The highest BCUT2D eigenvalue weighted by Gasteiger charge is 2.21. The van der Waals surface area contributed by atoms with Crippen molar-refractivity contribution in [3.63, 3.8) is 0 Å². The monoisotopic (exact) mass is 300 g/mol. The number of epoxide rings is 1. The molecule has 1 aliphatic heterocycles. The van der Waals surface area contributed by atoms with Crippen LogP contribution >= 0.6 is 11.3 Å². The summed E-state index contributed by atoms with van der Waals surface area (Å²) in [7, 11) is 0. The van der Waals surface area contributed by atoms with E-state index in [1.807, 2.05) is 13.0 Å². The van der Waals surface area contributed by atoms with E-state index in [9.17, 15) is 0 Å². The molecule has 1 fully saturated rings. The van der Waals surface area contributed by atoms with Gasteiger partial charge in [-0.2, -0.15) is 0 Å². The predicted octanol–water partition coefficient (Wildman–Crippen LogP) is 3.98. The Kier molecular flexibility index (Phi) is 3.24. The van der Waals surface area contributed by atoms with Gasteiger partial charge in [-0.25, -0.2) is 0 Å². The largest absolute Gasteiger partial charge is 0.453 e. The Morgan fingerprint density at radius 3 is 3.00 bits per heavy atom. The van der Waals surface area contributed by atoms with Crippen LogP contribution in [-0.4, -0.2) is 22.9 Å². The minimum absolute atomic E-state index is 0.508. The van der Waals surface area contributed by atoms with Crippen molar-refractivity contribution in [2.45, 2.75) is 32.3 Å². The standard InChI is InChI=1S/C16H16N2O2S/c1-10-17-18-16(21-10)15-8-13-11(4-2-6-12-9-19-12)5-3-7-14(13)20-15/h3,5,7-8,12H,2,4,6,9H2,1H3/t12-/m0/s1. The molecule has 0 unspecified atom stereocenters. The molecule has 1 atom stereocenters. The Balaban J connectivity index is 1.63. The van der Waals surface area contributed by atoms with Crippen LogP contribution in [0.2, 0.25) is 0 Å². The Bertz CT molecular complexity index is 774. The van der Waals surface area contributed by atoms with Crippen molar-refractivity contribution in [3.8, 4) is 10.8 Å². The summed E-state index contributed by atoms with van der Waals surface area (Å²) in [5.41, 5.74) is 2.27. The lowest BCUT2D eigenvalue weighted by Gasteiger charge is -2.01. The van der Waals surface area contributed by atoms with E-state index in [1.165, 1.54) is 10.9 Å². The summed E-state index contributed by atoms with van der Waals surface area (Å²) in [6, 6.07) is 8.35. The average Bonchev–Trinajstić information content (AvgIpc) is 3.03. The number of hydrogen-bond acceptors (Lipinski definition) is 5. The van der Waals surface area contributed by atoms with E-state index in [2.05, 4.69) is 28.4 Å². The summed E-state index contributed by atoms with van der Waals surface area (Å²) >= 11 is 1.56. The van der Waals surface area contributed by atoms with Crippen molar-refractivity contribution in [1.29, 1.82) is 0 Å². The average molecular weight is 300 g/mol. The molecular weight excluding hydrogens is 284 g/mol. The van der Waals surface area contributed by atoms with E-state index in [1.54, 1.807) is 11.3 Å². The molecule has 2 aromatic heterocycles. The lowest BCUT2D eigenvalue weighted by molar-refractivity contribution is 0.392. The molecule has 0 saturated carbocycles. The highest BCUT2D eigenvalue weighted by Crippen LogP contribution is 2.32. The van der Waals surface area contributed by atoms with Crippen molar-refractivity contribution >= 4 is 22.3 Å². The quantitative estimate of drug-likeness (QED) is 0.669. The highest BCUT2D eigenvalue weighted by molar-refractivity contribution is 7.14. The molecule has 0 N–H and O–H groups in total. The van der Waals surface area contributed by atoms with Crippen LogP contribution < -0.4 is 0 Å². The number of fused-ring (bicyclic) bond motifs is 1. The smallest absolute Gasteiger partial charge is 0.183 e. The minimum atomic E-state index is 0.508. The summed E-state index contributed by atoms with van der Waals surface area (Å²) in [4.78, 5) is 0. The van der Waals surface area contributed by atoms with Crippen LogP contribution in [0.1, 0.15) is 23.4 Å². The Morgan fingerprint density at radius 2 is 2.24 bits per heavy atom. The maximum absolute atomic E-state index is 5.93. The molecule has 0 amide bonds. The van der Waals surface area contributed by atoms with Crippen LogP contribution in [0.15, 0.2) is 28.7 Å². The highest BCUT2D eigenvalue weighted by atomic mass is 32.1. The predicted molar refractivity (Wildman–Crippen MR) is 82.5 cm³/mol. The van der Waals surface area contributed by atoms with Crippen LogP contribution in [0.5, 0.6) is 0 Å².